The molecule has 1 aliphatic heterocycles. The molecule has 2 unspecified atom stereocenters. The average molecular weight is 292 g/mol. The van der Waals surface area contributed by atoms with Crippen LogP contribution in [-0.2, 0) is 0 Å². The highest BCUT2D eigenvalue weighted by Gasteiger charge is 2.28. The first-order valence-corrected chi connectivity index (χ1v) is 7.97. The molecule has 112 valence electrons. The van der Waals surface area contributed by atoms with Crippen LogP contribution in [-0.4, -0.2) is 18.1 Å². The van der Waals surface area contributed by atoms with Gasteiger partial charge in [-0.1, -0.05) is 24.3 Å². The Labute approximate surface area is 131 Å². The van der Waals surface area contributed by atoms with Gasteiger partial charge in [-0.25, -0.2) is 0 Å². The number of nitrogens with one attached hydrogen (secondary N) is 1. The van der Waals surface area contributed by atoms with Crippen molar-refractivity contribution < 1.29 is 4.74 Å². The number of ether oxygens (including phenoxy) is 1. The number of aromatic nitrogens is 1. The monoisotopic (exact) mass is 292 g/mol. The highest BCUT2D eigenvalue weighted by molar-refractivity contribution is 5.69. The standard InChI is InChI=1S/C19H20N2O/c1-2-4-17(5-3-1)22-18-9-16(12-21-13-18)19-7-6-14-8-15(19)11-20-10-14/h1-5,7,9,12-15,20H,6,8,10-11H2. The molecule has 2 heterocycles. The molecule has 1 aromatic heterocycles. The number of pyridine rings is 1. The Morgan fingerprint density at radius 1 is 1.05 bits per heavy atom. The summed E-state index contributed by atoms with van der Waals surface area (Å²) in [5.41, 5.74) is 2.62. The predicted molar refractivity (Wildman–Crippen MR) is 87.8 cm³/mol. The number of rotatable bonds is 3. The maximum absolute atomic E-state index is 5.91. The third-order valence-corrected chi connectivity index (χ3v) is 4.58. The van der Waals surface area contributed by atoms with Crippen LogP contribution in [0.2, 0.25) is 0 Å². The van der Waals surface area contributed by atoms with Gasteiger partial charge in [-0.2, -0.15) is 0 Å². The quantitative estimate of drug-likeness (QED) is 0.932. The molecule has 3 heteroatoms. The number of fused-ring (bicyclic) bond motifs is 2. The Bertz CT molecular complexity index is 681. The van der Waals surface area contributed by atoms with Crippen LogP contribution in [0, 0.1) is 11.8 Å². The molecule has 1 aromatic carbocycles. The van der Waals surface area contributed by atoms with E-state index in [1.54, 1.807) is 6.20 Å². The third-order valence-electron chi connectivity index (χ3n) is 4.58. The lowest BCUT2D eigenvalue weighted by Gasteiger charge is -2.35. The third kappa shape index (κ3) is 2.77. The van der Waals surface area contributed by atoms with Gasteiger partial charge >= 0.3 is 0 Å². The Balaban J connectivity index is 1.59. The van der Waals surface area contributed by atoms with Crippen LogP contribution in [0.15, 0.2) is 54.9 Å². The summed E-state index contributed by atoms with van der Waals surface area (Å²) in [6.07, 6.45) is 8.61. The van der Waals surface area contributed by atoms with Gasteiger partial charge in [0.15, 0.2) is 0 Å². The zero-order valence-corrected chi connectivity index (χ0v) is 12.5. The van der Waals surface area contributed by atoms with E-state index in [-0.39, 0.29) is 0 Å². The van der Waals surface area contributed by atoms with Crippen LogP contribution < -0.4 is 10.1 Å². The molecule has 1 N–H and O–H groups in total. The SMILES string of the molecule is C1=C(c2cncc(Oc3ccccc3)c2)C2CNCC(C1)C2. The number of benzene rings is 1. The fourth-order valence-corrected chi connectivity index (χ4v) is 3.52. The van der Waals surface area contributed by atoms with Gasteiger partial charge in [0.25, 0.3) is 0 Å². The topological polar surface area (TPSA) is 34.1 Å². The molecule has 1 aliphatic carbocycles. The van der Waals surface area contributed by atoms with E-state index in [1.165, 1.54) is 24.0 Å². The number of nitrogens with zero attached hydrogens (tertiary/aromatic N) is 1. The molecule has 0 spiro atoms. The summed E-state index contributed by atoms with van der Waals surface area (Å²) in [4.78, 5) is 4.38. The molecular weight excluding hydrogens is 272 g/mol. The first kappa shape index (κ1) is 13.5. The first-order chi connectivity index (χ1) is 10.9. The van der Waals surface area contributed by atoms with Crippen LogP contribution in [0.4, 0.5) is 0 Å². The fraction of sp³-hybridized carbons (Fsp3) is 0.316. The van der Waals surface area contributed by atoms with Crippen molar-refractivity contribution in [2.45, 2.75) is 12.8 Å². The van der Waals surface area contributed by atoms with Crippen LogP contribution in [0.3, 0.4) is 0 Å². The highest BCUT2D eigenvalue weighted by atomic mass is 16.5. The van der Waals surface area contributed by atoms with E-state index in [9.17, 15) is 0 Å². The van der Waals surface area contributed by atoms with Crippen molar-refractivity contribution in [1.82, 2.24) is 10.3 Å². The lowest BCUT2D eigenvalue weighted by Crippen LogP contribution is -2.38. The molecule has 1 saturated heterocycles. The first-order valence-electron chi connectivity index (χ1n) is 7.97. The molecule has 2 aromatic rings. The molecule has 0 radical (unpaired) electrons. The second kappa shape index (κ2) is 5.93. The molecule has 2 aliphatic rings. The largest absolute Gasteiger partial charge is 0.456 e. The van der Waals surface area contributed by atoms with E-state index in [4.69, 9.17) is 4.74 Å². The lowest BCUT2D eigenvalue weighted by molar-refractivity contribution is 0.320. The maximum Gasteiger partial charge on any atom is 0.146 e. The van der Waals surface area contributed by atoms with Gasteiger partial charge in [0.05, 0.1) is 6.20 Å². The van der Waals surface area contributed by atoms with E-state index in [2.05, 4.69) is 22.4 Å². The normalized spacial score (nSPS) is 23.7. The Morgan fingerprint density at radius 3 is 2.86 bits per heavy atom. The predicted octanol–water partition coefficient (Wildman–Crippen LogP) is 3.89. The summed E-state index contributed by atoms with van der Waals surface area (Å²) >= 11 is 0. The highest BCUT2D eigenvalue weighted by Crippen LogP contribution is 2.37. The Kier molecular flexibility index (Phi) is 3.65. The van der Waals surface area contributed by atoms with Gasteiger partial charge < -0.3 is 10.1 Å². The summed E-state index contributed by atoms with van der Waals surface area (Å²) in [7, 11) is 0. The fourth-order valence-electron chi connectivity index (χ4n) is 3.52. The average Bonchev–Trinajstić information content (AvgIpc) is 2.56. The van der Waals surface area contributed by atoms with Gasteiger partial charge in [-0.15, -0.1) is 0 Å². The minimum Gasteiger partial charge on any atom is -0.456 e. The van der Waals surface area contributed by atoms with Crippen molar-refractivity contribution in [2.75, 3.05) is 13.1 Å². The summed E-state index contributed by atoms with van der Waals surface area (Å²) in [6, 6.07) is 12.0. The minimum absolute atomic E-state index is 0.612. The van der Waals surface area contributed by atoms with Crippen molar-refractivity contribution in [3.8, 4) is 11.5 Å². The molecule has 4 rings (SSSR count). The van der Waals surface area contributed by atoms with Crippen molar-refractivity contribution >= 4 is 5.57 Å². The molecule has 3 nitrogen and oxygen atoms in total. The van der Waals surface area contributed by atoms with E-state index >= 15 is 0 Å². The molecule has 2 bridgehead atoms. The van der Waals surface area contributed by atoms with E-state index < -0.39 is 0 Å². The number of para-hydroxylation sites is 1. The van der Waals surface area contributed by atoms with Gasteiger partial charge in [0.1, 0.15) is 11.5 Å². The van der Waals surface area contributed by atoms with Crippen LogP contribution in [0.25, 0.3) is 5.57 Å². The van der Waals surface area contributed by atoms with Gasteiger partial charge in [-0.05, 0) is 60.6 Å². The minimum atomic E-state index is 0.612. The molecule has 1 fully saturated rings. The molecular formula is C19H20N2O. The van der Waals surface area contributed by atoms with E-state index in [0.717, 1.165) is 30.5 Å². The second-order valence-electron chi connectivity index (χ2n) is 6.18. The summed E-state index contributed by atoms with van der Waals surface area (Å²) in [5.74, 6) is 3.06. The van der Waals surface area contributed by atoms with E-state index in [1.807, 2.05) is 36.5 Å². The number of hydrogen-bond donors (Lipinski definition) is 1. The van der Waals surface area contributed by atoms with E-state index in [0.29, 0.717) is 5.92 Å². The van der Waals surface area contributed by atoms with Crippen molar-refractivity contribution in [3.63, 3.8) is 0 Å². The molecule has 2 atom stereocenters. The number of hydrogen-bond acceptors (Lipinski definition) is 3. The zero-order valence-electron chi connectivity index (χ0n) is 12.5. The lowest BCUT2D eigenvalue weighted by atomic mass is 9.76. The van der Waals surface area contributed by atoms with Crippen molar-refractivity contribution in [2.24, 2.45) is 11.8 Å². The second-order valence-corrected chi connectivity index (χ2v) is 6.18. The smallest absolute Gasteiger partial charge is 0.146 e. The summed E-state index contributed by atoms with van der Waals surface area (Å²) in [6.45, 7) is 2.24. The van der Waals surface area contributed by atoms with Gasteiger partial charge in [0, 0.05) is 12.7 Å². The summed E-state index contributed by atoms with van der Waals surface area (Å²) < 4.78 is 5.91. The molecule has 0 saturated carbocycles. The molecule has 0 amide bonds. The Morgan fingerprint density at radius 2 is 1.95 bits per heavy atom. The maximum atomic E-state index is 5.91. The number of piperidine rings is 1. The van der Waals surface area contributed by atoms with Crippen LogP contribution in [0.5, 0.6) is 11.5 Å². The van der Waals surface area contributed by atoms with Crippen molar-refractivity contribution in [3.05, 3.63) is 60.4 Å². The van der Waals surface area contributed by atoms with Gasteiger partial charge in [-0.3, -0.25) is 4.98 Å². The number of allylic oxidation sites excluding steroid dienone is 1. The van der Waals surface area contributed by atoms with Crippen molar-refractivity contribution in [1.29, 1.82) is 0 Å². The van der Waals surface area contributed by atoms with Gasteiger partial charge in [0.2, 0.25) is 0 Å². The summed E-state index contributed by atoms with van der Waals surface area (Å²) in [5, 5.41) is 3.55. The Hall–Kier alpha value is -2.13. The zero-order chi connectivity index (χ0) is 14.8. The molecule has 22 heavy (non-hydrogen) atoms. The van der Waals surface area contributed by atoms with Crippen LogP contribution in [0.1, 0.15) is 18.4 Å². The van der Waals surface area contributed by atoms with Crippen LogP contribution >= 0.6 is 0 Å².